The van der Waals surface area contributed by atoms with E-state index in [1.54, 1.807) is 22.9 Å². The summed E-state index contributed by atoms with van der Waals surface area (Å²) in [5, 5.41) is 0. The topological polar surface area (TPSA) is 34.5 Å². The lowest BCUT2D eigenvalue weighted by atomic mass is 10.1. The number of aromatic nitrogens is 1. The minimum atomic E-state index is -0.323. The van der Waals surface area contributed by atoms with Gasteiger partial charge >= 0.3 is 0 Å². The number of nitrogens with zero attached hydrogens (tertiary/aromatic N) is 2. The first-order valence-electron chi connectivity index (χ1n) is 9.35. The summed E-state index contributed by atoms with van der Waals surface area (Å²) in [7, 11) is 0. The van der Waals surface area contributed by atoms with Crippen LogP contribution >= 0.6 is 0 Å². The van der Waals surface area contributed by atoms with Crippen molar-refractivity contribution in [3.63, 3.8) is 0 Å². The molecule has 0 radical (unpaired) electrons. The summed E-state index contributed by atoms with van der Waals surface area (Å²) in [6.45, 7) is 4.72. The van der Waals surface area contributed by atoms with Gasteiger partial charge in [0.2, 0.25) is 0 Å². The Morgan fingerprint density at radius 2 is 1.41 bits per heavy atom. The average molecular weight is 362 g/mol. The van der Waals surface area contributed by atoms with Gasteiger partial charge in [0, 0.05) is 38.5 Å². The van der Waals surface area contributed by atoms with Crippen LogP contribution in [0.15, 0.2) is 89.9 Å². The molecule has 0 fully saturated rings. The van der Waals surface area contributed by atoms with Crippen molar-refractivity contribution in [1.82, 2.24) is 9.47 Å². The van der Waals surface area contributed by atoms with E-state index >= 15 is 0 Å². The van der Waals surface area contributed by atoms with Crippen molar-refractivity contribution in [2.75, 3.05) is 13.2 Å². The van der Waals surface area contributed by atoms with Crippen LogP contribution in [0.1, 0.15) is 24.3 Å². The van der Waals surface area contributed by atoms with Crippen LogP contribution < -0.4 is 5.56 Å². The van der Waals surface area contributed by atoms with Crippen LogP contribution in [0.25, 0.3) is 0 Å². The molecule has 0 spiro atoms. The van der Waals surface area contributed by atoms with Crippen LogP contribution in [0.4, 0.5) is 0 Å². The minimum Gasteiger partial charge on any atom is -0.357 e. The summed E-state index contributed by atoms with van der Waals surface area (Å²) >= 11 is 0. The van der Waals surface area contributed by atoms with Gasteiger partial charge in [-0.25, -0.2) is 0 Å². The number of benzene rings is 2. The van der Waals surface area contributed by atoms with Crippen molar-refractivity contribution in [3.05, 3.63) is 107 Å². The monoisotopic (exact) mass is 362 g/mol. The molecule has 0 amide bonds. The SMILES string of the molecule is CCOC(CN(Cc1ccccc1)Cc1ccccc1)n1ccccc1=O. The van der Waals surface area contributed by atoms with Gasteiger partial charge in [-0.3, -0.25) is 14.3 Å². The molecule has 1 heterocycles. The third kappa shape index (κ3) is 5.64. The van der Waals surface area contributed by atoms with E-state index in [4.69, 9.17) is 4.74 Å². The zero-order valence-corrected chi connectivity index (χ0v) is 15.7. The summed E-state index contributed by atoms with van der Waals surface area (Å²) < 4.78 is 7.61. The Morgan fingerprint density at radius 3 is 1.93 bits per heavy atom. The molecule has 0 aliphatic carbocycles. The van der Waals surface area contributed by atoms with Gasteiger partial charge in [-0.2, -0.15) is 0 Å². The van der Waals surface area contributed by atoms with E-state index in [0.717, 1.165) is 13.1 Å². The lowest BCUT2D eigenvalue weighted by molar-refractivity contribution is -0.0206. The maximum absolute atomic E-state index is 12.3. The minimum absolute atomic E-state index is 0.0460. The first-order valence-corrected chi connectivity index (χ1v) is 9.35. The van der Waals surface area contributed by atoms with Crippen molar-refractivity contribution < 1.29 is 4.74 Å². The Labute approximate surface area is 160 Å². The van der Waals surface area contributed by atoms with Gasteiger partial charge in [0.1, 0.15) is 6.23 Å². The molecule has 1 aromatic heterocycles. The maximum atomic E-state index is 12.3. The number of rotatable bonds is 9. The Balaban J connectivity index is 1.83. The first-order chi connectivity index (χ1) is 13.3. The lowest BCUT2D eigenvalue weighted by Crippen LogP contribution is -2.35. The molecular weight excluding hydrogens is 336 g/mol. The smallest absolute Gasteiger partial charge is 0.252 e. The van der Waals surface area contributed by atoms with Crippen molar-refractivity contribution in [2.24, 2.45) is 0 Å². The zero-order chi connectivity index (χ0) is 18.9. The Morgan fingerprint density at radius 1 is 0.852 bits per heavy atom. The van der Waals surface area contributed by atoms with E-state index in [0.29, 0.717) is 13.2 Å². The number of hydrogen-bond donors (Lipinski definition) is 0. The fourth-order valence-corrected chi connectivity index (χ4v) is 3.18. The summed E-state index contributed by atoms with van der Waals surface area (Å²) in [4.78, 5) is 14.6. The van der Waals surface area contributed by atoms with Gasteiger partial charge < -0.3 is 4.74 Å². The maximum Gasteiger partial charge on any atom is 0.252 e. The Bertz CT molecular complexity index is 821. The van der Waals surface area contributed by atoms with E-state index in [1.165, 1.54) is 11.1 Å². The van der Waals surface area contributed by atoms with E-state index in [1.807, 2.05) is 25.1 Å². The van der Waals surface area contributed by atoms with Crippen LogP contribution in [0.2, 0.25) is 0 Å². The zero-order valence-electron chi connectivity index (χ0n) is 15.7. The van der Waals surface area contributed by atoms with Crippen molar-refractivity contribution >= 4 is 0 Å². The summed E-state index contributed by atoms with van der Waals surface area (Å²) in [6.07, 6.45) is 1.47. The van der Waals surface area contributed by atoms with Crippen molar-refractivity contribution in [1.29, 1.82) is 0 Å². The highest BCUT2D eigenvalue weighted by atomic mass is 16.5. The predicted octanol–water partition coefficient (Wildman–Crippen LogP) is 4.09. The molecule has 140 valence electrons. The van der Waals surface area contributed by atoms with Gasteiger partial charge in [0.25, 0.3) is 5.56 Å². The third-order valence-corrected chi connectivity index (χ3v) is 4.43. The second kappa shape index (κ2) is 9.86. The quantitative estimate of drug-likeness (QED) is 0.575. The molecule has 3 rings (SSSR count). The predicted molar refractivity (Wildman–Crippen MR) is 108 cm³/mol. The van der Waals surface area contributed by atoms with Gasteiger partial charge in [0.05, 0.1) is 0 Å². The molecule has 0 aliphatic heterocycles. The van der Waals surface area contributed by atoms with Gasteiger partial charge in [-0.1, -0.05) is 66.7 Å². The molecule has 0 saturated heterocycles. The van der Waals surface area contributed by atoms with E-state index in [-0.39, 0.29) is 11.8 Å². The first kappa shape index (κ1) is 19.1. The molecule has 0 aliphatic rings. The Hall–Kier alpha value is -2.69. The fourth-order valence-electron chi connectivity index (χ4n) is 3.18. The van der Waals surface area contributed by atoms with Crippen LogP contribution in [-0.4, -0.2) is 22.6 Å². The molecule has 0 N–H and O–H groups in total. The third-order valence-electron chi connectivity index (χ3n) is 4.43. The molecule has 1 atom stereocenters. The Kier molecular flexibility index (Phi) is 6.97. The van der Waals surface area contributed by atoms with Gasteiger partial charge in [-0.05, 0) is 24.1 Å². The van der Waals surface area contributed by atoms with Crippen molar-refractivity contribution in [2.45, 2.75) is 26.2 Å². The standard InChI is InChI=1S/C23H26N2O2/c1-2-27-23(25-16-10-9-15-22(25)26)19-24(17-20-11-5-3-6-12-20)18-21-13-7-4-8-14-21/h3-16,23H,2,17-19H2,1H3. The van der Waals surface area contributed by atoms with Crippen LogP contribution in [-0.2, 0) is 17.8 Å². The number of pyridine rings is 1. The highest BCUT2D eigenvalue weighted by Crippen LogP contribution is 2.15. The molecule has 4 nitrogen and oxygen atoms in total. The van der Waals surface area contributed by atoms with Crippen LogP contribution in [0, 0.1) is 0 Å². The molecule has 27 heavy (non-hydrogen) atoms. The van der Waals surface area contributed by atoms with E-state index in [2.05, 4.69) is 53.4 Å². The molecular formula is C23H26N2O2. The highest BCUT2D eigenvalue weighted by Gasteiger charge is 2.17. The number of ether oxygens (including phenoxy) is 1. The summed E-state index contributed by atoms with van der Waals surface area (Å²) in [5.41, 5.74) is 2.43. The van der Waals surface area contributed by atoms with Gasteiger partial charge in [-0.15, -0.1) is 0 Å². The molecule has 0 bridgehead atoms. The lowest BCUT2D eigenvalue weighted by Gasteiger charge is -2.28. The molecule has 0 saturated carbocycles. The summed E-state index contributed by atoms with van der Waals surface area (Å²) in [5.74, 6) is 0. The normalized spacial score (nSPS) is 12.2. The van der Waals surface area contributed by atoms with E-state index < -0.39 is 0 Å². The van der Waals surface area contributed by atoms with Gasteiger partial charge in [0.15, 0.2) is 0 Å². The van der Waals surface area contributed by atoms with E-state index in [9.17, 15) is 4.79 Å². The molecule has 1 unspecified atom stereocenters. The van der Waals surface area contributed by atoms with Crippen LogP contribution in [0.5, 0.6) is 0 Å². The highest BCUT2D eigenvalue weighted by molar-refractivity contribution is 5.17. The largest absolute Gasteiger partial charge is 0.357 e. The van der Waals surface area contributed by atoms with Crippen molar-refractivity contribution in [3.8, 4) is 0 Å². The average Bonchev–Trinajstić information content (AvgIpc) is 2.70. The fraction of sp³-hybridized carbons (Fsp3) is 0.261. The molecule has 4 heteroatoms. The molecule has 3 aromatic rings. The number of hydrogen-bond acceptors (Lipinski definition) is 3. The second-order valence-corrected chi connectivity index (χ2v) is 6.50. The second-order valence-electron chi connectivity index (χ2n) is 6.50. The van der Waals surface area contributed by atoms with Crippen LogP contribution in [0.3, 0.4) is 0 Å². The summed E-state index contributed by atoms with van der Waals surface area (Å²) in [6, 6.07) is 26.0. The molecule has 2 aromatic carbocycles.